The number of aromatic carboxylic acids is 1. The maximum Gasteiger partial charge on any atom is 0.335 e. The summed E-state index contributed by atoms with van der Waals surface area (Å²) in [5, 5.41) is 14.8. The summed E-state index contributed by atoms with van der Waals surface area (Å²) in [7, 11) is 0. The molecule has 0 atom stereocenters. The summed E-state index contributed by atoms with van der Waals surface area (Å²) < 4.78 is 0. The van der Waals surface area contributed by atoms with E-state index in [2.05, 4.69) is 15.3 Å². The molecule has 0 amide bonds. The van der Waals surface area contributed by atoms with Crippen molar-refractivity contribution in [2.45, 2.75) is 13.5 Å². The van der Waals surface area contributed by atoms with Crippen LogP contribution in [0, 0.1) is 6.92 Å². The first-order valence-electron chi connectivity index (χ1n) is 4.99. The average Bonchev–Trinajstić information content (AvgIpc) is 2.73. The van der Waals surface area contributed by atoms with Crippen LogP contribution >= 0.6 is 11.3 Å². The van der Waals surface area contributed by atoms with Crippen molar-refractivity contribution in [3.05, 3.63) is 40.0 Å². The minimum Gasteiger partial charge on any atom is -0.478 e. The van der Waals surface area contributed by atoms with E-state index in [4.69, 9.17) is 5.11 Å². The van der Waals surface area contributed by atoms with Gasteiger partial charge in [0.1, 0.15) is 5.82 Å². The molecule has 0 saturated heterocycles. The van der Waals surface area contributed by atoms with Crippen LogP contribution in [0.4, 0.5) is 5.82 Å². The molecule has 0 aliphatic carbocycles. The standard InChI is InChI=1S/C11H11N3O2S/c1-7-14-9(6-17-7)5-13-10-4-8(11(15)16)2-3-12-10/h2-4,6H,5H2,1H3,(H,12,13)(H,15,16). The fourth-order valence-corrected chi connectivity index (χ4v) is 1.94. The molecule has 2 aromatic rings. The molecule has 0 aliphatic heterocycles. The molecule has 2 heterocycles. The Morgan fingerprint density at radius 3 is 3.06 bits per heavy atom. The first kappa shape index (κ1) is 11.5. The molecule has 88 valence electrons. The zero-order valence-electron chi connectivity index (χ0n) is 9.17. The molecule has 0 unspecified atom stereocenters. The predicted octanol–water partition coefficient (Wildman–Crippen LogP) is 2.16. The molecule has 6 heteroatoms. The third kappa shape index (κ3) is 3.01. The van der Waals surface area contributed by atoms with Crippen molar-refractivity contribution in [3.8, 4) is 0 Å². The Labute approximate surface area is 102 Å². The number of carbonyl (C=O) groups is 1. The summed E-state index contributed by atoms with van der Waals surface area (Å²) in [6.07, 6.45) is 1.47. The number of anilines is 1. The fourth-order valence-electron chi connectivity index (χ4n) is 1.33. The number of pyridine rings is 1. The molecule has 2 aromatic heterocycles. The number of nitrogens with zero attached hydrogens (tertiary/aromatic N) is 2. The van der Waals surface area contributed by atoms with Gasteiger partial charge in [-0.05, 0) is 19.1 Å². The van der Waals surface area contributed by atoms with Crippen LogP contribution in [-0.4, -0.2) is 21.0 Å². The molecule has 0 aliphatic rings. The third-order valence-electron chi connectivity index (χ3n) is 2.12. The van der Waals surface area contributed by atoms with Crippen LogP contribution < -0.4 is 5.32 Å². The topological polar surface area (TPSA) is 75.1 Å². The van der Waals surface area contributed by atoms with E-state index in [-0.39, 0.29) is 5.56 Å². The average molecular weight is 249 g/mol. The molecular weight excluding hydrogens is 238 g/mol. The van der Waals surface area contributed by atoms with Crippen molar-refractivity contribution in [2.24, 2.45) is 0 Å². The van der Waals surface area contributed by atoms with Gasteiger partial charge < -0.3 is 10.4 Å². The number of carboxylic acid groups (broad SMARTS) is 1. The third-order valence-corrected chi connectivity index (χ3v) is 2.95. The van der Waals surface area contributed by atoms with Crippen molar-refractivity contribution in [2.75, 3.05) is 5.32 Å². The van der Waals surface area contributed by atoms with Gasteiger partial charge in [0.15, 0.2) is 0 Å². The first-order chi connectivity index (χ1) is 8.15. The van der Waals surface area contributed by atoms with Crippen molar-refractivity contribution >= 4 is 23.1 Å². The van der Waals surface area contributed by atoms with E-state index in [1.54, 1.807) is 11.3 Å². The van der Waals surface area contributed by atoms with Gasteiger partial charge in [-0.1, -0.05) is 0 Å². The van der Waals surface area contributed by atoms with Gasteiger partial charge in [-0.25, -0.2) is 14.8 Å². The molecule has 0 bridgehead atoms. The normalized spacial score (nSPS) is 10.2. The monoisotopic (exact) mass is 249 g/mol. The summed E-state index contributed by atoms with van der Waals surface area (Å²) in [6, 6.07) is 2.96. The number of carboxylic acids is 1. The molecule has 2 rings (SSSR count). The number of aryl methyl sites for hydroxylation is 1. The van der Waals surface area contributed by atoms with Gasteiger partial charge in [-0.3, -0.25) is 0 Å². The quantitative estimate of drug-likeness (QED) is 0.868. The Balaban J connectivity index is 2.04. The largest absolute Gasteiger partial charge is 0.478 e. The maximum atomic E-state index is 10.8. The minimum atomic E-state index is -0.958. The lowest BCUT2D eigenvalue weighted by Crippen LogP contribution is -2.04. The van der Waals surface area contributed by atoms with Crippen LogP contribution in [0.3, 0.4) is 0 Å². The molecular formula is C11H11N3O2S. The highest BCUT2D eigenvalue weighted by Crippen LogP contribution is 2.11. The van der Waals surface area contributed by atoms with E-state index in [0.29, 0.717) is 12.4 Å². The smallest absolute Gasteiger partial charge is 0.335 e. The van der Waals surface area contributed by atoms with Crippen molar-refractivity contribution in [1.82, 2.24) is 9.97 Å². The SMILES string of the molecule is Cc1nc(CNc2cc(C(=O)O)ccn2)cs1. The Kier molecular flexibility index (Phi) is 3.34. The van der Waals surface area contributed by atoms with E-state index in [0.717, 1.165) is 10.7 Å². The van der Waals surface area contributed by atoms with E-state index in [1.165, 1.54) is 18.3 Å². The lowest BCUT2D eigenvalue weighted by molar-refractivity contribution is 0.0697. The van der Waals surface area contributed by atoms with Crippen molar-refractivity contribution in [1.29, 1.82) is 0 Å². The Morgan fingerprint density at radius 2 is 2.41 bits per heavy atom. The summed E-state index contributed by atoms with van der Waals surface area (Å²) >= 11 is 1.58. The molecule has 17 heavy (non-hydrogen) atoms. The molecule has 0 saturated carbocycles. The van der Waals surface area contributed by atoms with Crippen LogP contribution in [0.5, 0.6) is 0 Å². The van der Waals surface area contributed by atoms with Crippen LogP contribution in [0.2, 0.25) is 0 Å². The van der Waals surface area contributed by atoms with Gasteiger partial charge in [0, 0.05) is 11.6 Å². The summed E-state index contributed by atoms with van der Waals surface area (Å²) in [5.41, 5.74) is 1.15. The second-order valence-corrected chi connectivity index (χ2v) is 4.51. The van der Waals surface area contributed by atoms with Crippen LogP contribution in [0.15, 0.2) is 23.7 Å². The summed E-state index contributed by atoms with van der Waals surface area (Å²) in [6.45, 7) is 2.48. The predicted molar refractivity (Wildman–Crippen MR) is 65.4 cm³/mol. The highest BCUT2D eigenvalue weighted by molar-refractivity contribution is 7.09. The molecule has 0 spiro atoms. The van der Waals surface area contributed by atoms with Gasteiger partial charge >= 0.3 is 5.97 Å². The first-order valence-corrected chi connectivity index (χ1v) is 5.87. The maximum absolute atomic E-state index is 10.8. The number of thiazole rings is 1. The molecule has 0 aromatic carbocycles. The van der Waals surface area contributed by atoms with E-state index in [1.807, 2.05) is 12.3 Å². The number of hydrogen-bond acceptors (Lipinski definition) is 5. The van der Waals surface area contributed by atoms with Gasteiger partial charge in [0.25, 0.3) is 0 Å². The number of nitrogens with one attached hydrogen (secondary N) is 1. The Morgan fingerprint density at radius 1 is 1.59 bits per heavy atom. The molecule has 2 N–H and O–H groups in total. The lowest BCUT2D eigenvalue weighted by atomic mass is 10.2. The molecule has 0 fully saturated rings. The lowest BCUT2D eigenvalue weighted by Gasteiger charge is -2.03. The number of rotatable bonds is 4. The highest BCUT2D eigenvalue weighted by Gasteiger charge is 2.04. The zero-order chi connectivity index (χ0) is 12.3. The number of aromatic nitrogens is 2. The van der Waals surface area contributed by atoms with Crippen molar-refractivity contribution in [3.63, 3.8) is 0 Å². The van der Waals surface area contributed by atoms with Crippen LogP contribution in [0.25, 0.3) is 0 Å². The van der Waals surface area contributed by atoms with Crippen LogP contribution in [-0.2, 0) is 6.54 Å². The number of hydrogen-bond donors (Lipinski definition) is 2. The molecule has 0 radical (unpaired) electrons. The minimum absolute atomic E-state index is 0.219. The Bertz CT molecular complexity index is 539. The van der Waals surface area contributed by atoms with Gasteiger partial charge in [0.2, 0.25) is 0 Å². The fraction of sp³-hybridized carbons (Fsp3) is 0.182. The van der Waals surface area contributed by atoms with Gasteiger partial charge in [0.05, 0.1) is 22.8 Å². The van der Waals surface area contributed by atoms with Crippen LogP contribution in [0.1, 0.15) is 21.1 Å². The molecule has 5 nitrogen and oxygen atoms in total. The van der Waals surface area contributed by atoms with Gasteiger partial charge in [-0.2, -0.15) is 0 Å². The highest BCUT2D eigenvalue weighted by atomic mass is 32.1. The van der Waals surface area contributed by atoms with Gasteiger partial charge in [-0.15, -0.1) is 11.3 Å². The van der Waals surface area contributed by atoms with E-state index in [9.17, 15) is 4.79 Å². The second-order valence-electron chi connectivity index (χ2n) is 3.45. The summed E-state index contributed by atoms with van der Waals surface area (Å²) in [4.78, 5) is 19.1. The van der Waals surface area contributed by atoms with E-state index < -0.39 is 5.97 Å². The summed E-state index contributed by atoms with van der Waals surface area (Å²) in [5.74, 6) is -0.421. The Hall–Kier alpha value is -1.95. The van der Waals surface area contributed by atoms with E-state index >= 15 is 0 Å². The van der Waals surface area contributed by atoms with Crippen molar-refractivity contribution < 1.29 is 9.90 Å². The second kappa shape index (κ2) is 4.92. The zero-order valence-corrected chi connectivity index (χ0v) is 9.99.